The number of aryl methyl sites for hydroxylation is 3. The van der Waals surface area contributed by atoms with E-state index in [0.717, 1.165) is 11.5 Å². The maximum atomic E-state index is 11.9. The Labute approximate surface area is 140 Å². The number of hydrogen-bond donors (Lipinski definition) is 2. The Morgan fingerprint density at radius 3 is 2.42 bits per heavy atom. The lowest BCUT2D eigenvalue weighted by Gasteiger charge is -2.13. The van der Waals surface area contributed by atoms with Crippen LogP contribution in [0.15, 0.2) is 53.3 Å². The predicted octanol–water partition coefficient (Wildman–Crippen LogP) is 4.60. The average Bonchev–Trinajstić information content (AvgIpc) is 3.07. The van der Waals surface area contributed by atoms with E-state index >= 15 is 0 Å². The van der Waals surface area contributed by atoms with E-state index in [2.05, 4.69) is 48.5 Å². The minimum absolute atomic E-state index is 0.267. The molecule has 0 atom stereocenters. The first kappa shape index (κ1) is 15.8. The molecule has 0 unspecified atom stereocenters. The highest BCUT2D eigenvalue weighted by atomic mass is 16.3. The van der Waals surface area contributed by atoms with Gasteiger partial charge in [0.2, 0.25) is 0 Å². The van der Waals surface area contributed by atoms with Gasteiger partial charge in [-0.1, -0.05) is 17.7 Å². The minimum Gasteiger partial charge on any atom is -0.459 e. The first-order chi connectivity index (χ1) is 11.5. The normalized spacial score (nSPS) is 10.5. The first-order valence-corrected chi connectivity index (χ1v) is 7.69. The summed E-state index contributed by atoms with van der Waals surface area (Å²) in [6.07, 6.45) is 3.08. The van der Waals surface area contributed by atoms with E-state index in [4.69, 9.17) is 4.42 Å². The summed E-state index contributed by atoms with van der Waals surface area (Å²) >= 11 is 0. The Kier molecular flexibility index (Phi) is 4.33. The van der Waals surface area contributed by atoms with Crippen molar-refractivity contribution < 1.29 is 9.21 Å². The van der Waals surface area contributed by atoms with Crippen LogP contribution in [0.25, 0.3) is 0 Å². The molecule has 0 aliphatic carbocycles. The molecule has 0 spiro atoms. The molecule has 5 heteroatoms. The summed E-state index contributed by atoms with van der Waals surface area (Å²) in [5.41, 5.74) is 5.24. The molecule has 0 saturated carbocycles. The number of carbonyl (C=O) groups excluding carboxylic acids is 1. The summed E-state index contributed by atoms with van der Waals surface area (Å²) in [7, 11) is 0. The van der Waals surface area contributed by atoms with Crippen molar-refractivity contribution in [2.75, 3.05) is 10.6 Å². The molecule has 0 aliphatic heterocycles. The summed E-state index contributed by atoms with van der Waals surface area (Å²) in [4.78, 5) is 16.3. The Hall–Kier alpha value is -3.08. The summed E-state index contributed by atoms with van der Waals surface area (Å²) in [5.74, 6) is 0.692. The molecule has 0 bridgehead atoms. The van der Waals surface area contributed by atoms with Crippen LogP contribution < -0.4 is 10.6 Å². The number of nitrogens with one attached hydrogen (secondary N) is 2. The molecular formula is C19H19N3O2. The van der Waals surface area contributed by atoms with Crippen LogP contribution in [0.2, 0.25) is 0 Å². The number of pyridine rings is 1. The zero-order valence-corrected chi connectivity index (χ0v) is 13.9. The number of furan rings is 1. The van der Waals surface area contributed by atoms with Gasteiger partial charge in [0.25, 0.3) is 5.91 Å². The van der Waals surface area contributed by atoms with Crippen LogP contribution in [-0.4, -0.2) is 10.9 Å². The molecule has 3 rings (SSSR count). The average molecular weight is 321 g/mol. The van der Waals surface area contributed by atoms with Crippen molar-refractivity contribution in [2.24, 2.45) is 0 Å². The van der Waals surface area contributed by atoms with Gasteiger partial charge in [0.15, 0.2) is 5.76 Å². The molecule has 0 saturated heterocycles. The number of carbonyl (C=O) groups is 1. The Morgan fingerprint density at radius 2 is 1.83 bits per heavy atom. The maximum Gasteiger partial charge on any atom is 0.291 e. The van der Waals surface area contributed by atoms with Crippen LogP contribution >= 0.6 is 0 Å². The Bertz CT molecular complexity index is 830. The van der Waals surface area contributed by atoms with Crippen LogP contribution in [0.1, 0.15) is 27.2 Å². The largest absolute Gasteiger partial charge is 0.459 e. The van der Waals surface area contributed by atoms with E-state index in [1.807, 2.05) is 6.07 Å². The third-order valence-electron chi connectivity index (χ3n) is 3.70. The van der Waals surface area contributed by atoms with Crippen molar-refractivity contribution in [1.29, 1.82) is 0 Å². The van der Waals surface area contributed by atoms with Crippen molar-refractivity contribution in [2.45, 2.75) is 20.8 Å². The smallest absolute Gasteiger partial charge is 0.291 e. The molecular weight excluding hydrogens is 302 g/mol. The number of amides is 1. The standard InChI is InChI=1S/C19H19N3O2/c1-12-9-13(2)18(14(3)10-12)22-17-7-6-15(11-20-17)21-19(23)16-5-4-8-24-16/h4-11H,1-3H3,(H,20,22)(H,21,23). The van der Waals surface area contributed by atoms with Crippen molar-refractivity contribution in [1.82, 2.24) is 4.98 Å². The van der Waals surface area contributed by atoms with E-state index in [0.29, 0.717) is 5.69 Å². The van der Waals surface area contributed by atoms with Crippen LogP contribution in [0.4, 0.5) is 17.2 Å². The molecule has 0 aliphatic rings. The van der Waals surface area contributed by atoms with Crippen molar-refractivity contribution in [3.63, 3.8) is 0 Å². The lowest BCUT2D eigenvalue weighted by Crippen LogP contribution is -2.11. The second-order valence-electron chi connectivity index (χ2n) is 5.76. The molecule has 1 amide bonds. The third-order valence-corrected chi connectivity index (χ3v) is 3.70. The number of rotatable bonds is 4. The maximum absolute atomic E-state index is 11.9. The van der Waals surface area contributed by atoms with Gasteiger partial charge in [-0.3, -0.25) is 4.79 Å². The van der Waals surface area contributed by atoms with Crippen LogP contribution in [0, 0.1) is 20.8 Å². The van der Waals surface area contributed by atoms with Gasteiger partial charge in [-0.15, -0.1) is 0 Å². The molecule has 2 aromatic heterocycles. The SMILES string of the molecule is Cc1cc(C)c(Nc2ccc(NC(=O)c3ccco3)cn2)c(C)c1. The second-order valence-corrected chi connectivity index (χ2v) is 5.76. The van der Waals surface area contributed by atoms with Gasteiger partial charge in [0.1, 0.15) is 5.82 Å². The lowest BCUT2D eigenvalue weighted by atomic mass is 10.1. The van der Waals surface area contributed by atoms with Gasteiger partial charge >= 0.3 is 0 Å². The van der Waals surface area contributed by atoms with Crippen LogP contribution in [-0.2, 0) is 0 Å². The van der Waals surface area contributed by atoms with E-state index in [-0.39, 0.29) is 11.7 Å². The number of hydrogen-bond acceptors (Lipinski definition) is 4. The fourth-order valence-electron chi connectivity index (χ4n) is 2.65. The van der Waals surface area contributed by atoms with E-state index in [9.17, 15) is 4.79 Å². The highest BCUT2D eigenvalue weighted by Crippen LogP contribution is 2.25. The number of nitrogens with zero attached hydrogens (tertiary/aromatic N) is 1. The van der Waals surface area contributed by atoms with Crippen LogP contribution in [0.5, 0.6) is 0 Å². The quantitative estimate of drug-likeness (QED) is 0.737. The van der Waals surface area contributed by atoms with Crippen molar-refractivity contribution in [3.05, 3.63) is 71.3 Å². The van der Waals surface area contributed by atoms with Gasteiger partial charge in [0, 0.05) is 5.69 Å². The zero-order chi connectivity index (χ0) is 17.1. The number of benzene rings is 1. The number of aromatic nitrogens is 1. The van der Waals surface area contributed by atoms with Gasteiger partial charge in [-0.2, -0.15) is 0 Å². The molecule has 1 aromatic carbocycles. The van der Waals surface area contributed by atoms with Gasteiger partial charge in [-0.05, 0) is 56.2 Å². The molecule has 3 aromatic rings. The molecule has 2 heterocycles. The van der Waals surface area contributed by atoms with Crippen LogP contribution in [0.3, 0.4) is 0 Å². The zero-order valence-electron chi connectivity index (χ0n) is 13.9. The van der Waals surface area contributed by atoms with Gasteiger partial charge in [0.05, 0.1) is 18.1 Å². The molecule has 5 nitrogen and oxygen atoms in total. The fourth-order valence-corrected chi connectivity index (χ4v) is 2.65. The molecule has 122 valence electrons. The summed E-state index contributed by atoms with van der Waals surface area (Å²) in [6.45, 7) is 6.22. The fraction of sp³-hybridized carbons (Fsp3) is 0.158. The second kappa shape index (κ2) is 6.58. The summed E-state index contributed by atoms with van der Waals surface area (Å²) in [5, 5.41) is 6.08. The first-order valence-electron chi connectivity index (χ1n) is 7.69. The predicted molar refractivity (Wildman–Crippen MR) is 94.8 cm³/mol. The third kappa shape index (κ3) is 3.46. The minimum atomic E-state index is -0.298. The summed E-state index contributed by atoms with van der Waals surface area (Å²) < 4.78 is 5.06. The lowest BCUT2D eigenvalue weighted by molar-refractivity contribution is 0.0996. The van der Waals surface area contributed by atoms with Crippen molar-refractivity contribution in [3.8, 4) is 0 Å². The van der Waals surface area contributed by atoms with E-state index < -0.39 is 0 Å². The monoisotopic (exact) mass is 321 g/mol. The highest BCUT2D eigenvalue weighted by Gasteiger charge is 2.09. The van der Waals surface area contributed by atoms with E-state index in [1.165, 1.54) is 23.0 Å². The van der Waals surface area contributed by atoms with Gasteiger partial charge < -0.3 is 15.1 Å². The van der Waals surface area contributed by atoms with Gasteiger partial charge in [-0.25, -0.2) is 4.98 Å². The Morgan fingerprint density at radius 1 is 1.08 bits per heavy atom. The molecule has 2 N–H and O–H groups in total. The molecule has 0 radical (unpaired) electrons. The highest BCUT2D eigenvalue weighted by molar-refractivity contribution is 6.02. The topological polar surface area (TPSA) is 67.2 Å². The number of anilines is 3. The van der Waals surface area contributed by atoms with E-state index in [1.54, 1.807) is 24.4 Å². The van der Waals surface area contributed by atoms with Crippen molar-refractivity contribution >= 4 is 23.1 Å². The summed E-state index contributed by atoms with van der Waals surface area (Å²) in [6, 6.07) is 11.2. The Balaban J connectivity index is 1.72. The molecule has 24 heavy (non-hydrogen) atoms. The molecule has 0 fully saturated rings.